The fourth-order valence-electron chi connectivity index (χ4n) is 2.05. The molecule has 0 aliphatic rings. The van der Waals surface area contributed by atoms with Crippen molar-refractivity contribution in [3.8, 4) is 5.75 Å². The summed E-state index contributed by atoms with van der Waals surface area (Å²) in [7, 11) is 1.40. The third kappa shape index (κ3) is 3.14. The highest BCUT2D eigenvalue weighted by Gasteiger charge is 2.12. The van der Waals surface area contributed by atoms with Crippen molar-refractivity contribution in [3.63, 3.8) is 0 Å². The number of aliphatic hydroxyl groups excluding tert-OH is 1. The van der Waals surface area contributed by atoms with Crippen molar-refractivity contribution in [3.05, 3.63) is 64.7 Å². The van der Waals surface area contributed by atoms with E-state index in [4.69, 9.17) is 4.74 Å². The van der Waals surface area contributed by atoms with Crippen LogP contribution in [0.15, 0.2) is 36.4 Å². The quantitative estimate of drug-likeness (QED) is 0.926. The van der Waals surface area contributed by atoms with Gasteiger partial charge in [0, 0.05) is 6.42 Å². The molecule has 0 aliphatic carbocycles. The monoisotopic (exact) mass is 278 g/mol. The van der Waals surface area contributed by atoms with E-state index < -0.39 is 11.9 Å². The van der Waals surface area contributed by atoms with Crippen LogP contribution in [0.4, 0.5) is 8.78 Å². The standard InChI is InChI=1S/C16H16F2O2/c1-10-7-12(4-5-13(10)17)15(19)9-11-3-6-16(20-2)14(18)8-11/h3-8,15,19H,9H2,1-2H3. The summed E-state index contributed by atoms with van der Waals surface area (Å²) in [5.74, 6) is -0.607. The third-order valence-electron chi connectivity index (χ3n) is 3.21. The molecule has 106 valence electrons. The maximum Gasteiger partial charge on any atom is 0.165 e. The van der Waals surface area contributed by atoms with Crippen LogP contribution in [0.1, 0.15) is 22.8 Å². The lowest BCUT2D eigenvalue weighted by Crippen LogP contribution is -2.03. The molecule has 2 aromatic rings. The first-order chi connectivity index (χ1) is 9.51. The average Bonchev–Trinajstić information content (AvgIpc) is 2.42. The molecule has 1 unspecified atom stereocenters. The lowest BCUT2D eigenvalue weighted by atomic mass is 9.99. The fraction of sp³-hybridized carbons (Fsp3) is 0.250. The van der Waals surface area contributed by atoms with Crippen LogP contribution < -0.4 is 4.74 Å². The van der Waals surface area contributed by atoms with E-state index in [9.17, 15) is 13.9 Å². The Balaban J connectivity index is 2.16. The Kier molecular flexibility index (Phi) is 4.35. The van der Waals surface area contributed by atoms with Crippen molar-refractivity contribution in [2.45, 2.75) is 19.4 Å². The molecule has 2 nitrogen and oxygen atoms in total. The molecule has 0 spiro atoms. The number of halogens is 2. The molecule has 0 aliphatic heterocycles. The summed E-state index contributed by atoms with van der Waals surface area (Å²) in [5.41, 5.74) is 1.74. The lowest BCUT2D eigenvalue weighted by molar-refractivity contribution is 0.178. The Morgan fingerprint density at radius 1 is 1.10 bits per heavy atom. The average molecular weight is 278 g/mol. The Morgan fingerprint density at radius 3 is 2.45 bits per heavy atom. The van der Waals surface area contributed by atoms with Crippen molar-refractivity contribution in [1.82, 2.24) is 0 Å². The normalized spacial score (nSPS) is 12.2. The van der Waals surface area contributed by atoms with Gasteiger partial charge in [0.2, 0.25) is 0 Å². The van der Waals surface area contributed by atoms with Gasteiger partial charge < -0.3 is 9.84 Å². The number of hydrogen-bond acceptors (Lipinski definition) is 2. The van der Waals surface area contributed by atoms with Gasteiger partial charge in [0.1, 0.15) is 5.82 Å². The number of methoxy groups -OCH3 is 1. The highest BCUT2D eigenvalue weighted by molar-refractivity contribution is 5.31. The van der Waals surface area contributed by atoms with Gasteiger partial charge in [0.05, 0.1) is 13.2 Å². The first-order valence-corrected chi connectivity index (χ1v) is 6.28. The smallest absolute Gasteiger partial charge is 0.165 e. The number of ether oxygens (including phenoxy) is 1. The van der Waals surface area contributed by atoms with Crippen LogP contribution in [0, 0.1) is 18.6 Å². The van der Waals surface area contributed by atoms with Gasteiger partial charge in [-0.3, -0.25) is 0 Å². The van der Waals surface area contributed by atoms with Crippen molar-refractivity contribution in [2.75, 3.05) is 7.11 Å². The van der Waals surface area contributed by atoms with Crippen molar-refractivity contribution >= 4 is 0 Å². The molecule has 0 amide bonds. The van der Waals surface area contributed by atoms with E-state index in [1.807, 2.05) is 0 Å². The second-order valence-electron chi connectivity index (χ2n) is 4.70. The summed E-state index contributed by atoms with van der Waals surface area (Å²) >= 11 is 0. The van der Waals surface area contributed by atoms with Crippen LogP contribution >= 0.6 is 0 Å². The molecule has 0 radical (unpaired) electrons. The van der Waals surface area contributed by atoms with Gasteiger partial charge in [-0.1, -0.05) is 18.2 Å². The predicted molar refractivity (Wildman–Crippen MR) is 72.8 cm³/mol. The molecule has 0 saturated heterocycles. The van der Waals surface area contributed by atoms with Gasteiger partial charge >= 0.3 is 0 Å². The van der Waals surface area contributed by atoms with E-state index in [1.54, 1.807) is 19.1 Å². The summed E-state index contributed by atoms with van der Waals surface area (Å²) in [6.07, 6.45) is -0.548. The molecule has 1 atom stereocenters. The highest BCUT2D eigenvalue weighted by Crippen LogP contribution is 2.23. The van der Waals surface area contributed by atoms with Crippen LogP contribution in [0.25, 0.3) is 0 Å². The summed E-state index contributed by atoms with van der Waals surface area (Å²) in [5, 5.41) is 10.1. The number of rotatable bonds is 4. The zero-order chi connectivity index (χ0) is 14.7. The maximum atomic E-state index is 13.6. The second-order valence-corrected chi connectivity index (χ2v) is 4.70. The molecule has 0 bridgehead atoms. The van der Waals surface area contributed by atoms with E-state index in [-0.39, 0.29) is 18.0 Å². The van der Waals surface area contributed by atoms with Crippen LogP contribution in [-0.2, 0) is 6.42 Å². The van der Waals surface area contributed by atoms with E-state index in [0.29, 0.717) is 16.7 Å². The Hall–Kier alpha value is -1.94. The van der Waals surface area contributed by atoms with Gasteiger partial charge in [0.25, 0.3) is 0 Å². The molecule has 0 saturated carbocycles. The summed E-state index contributed by atoms with van der Waals surface area (Å²) in [6, 6.07) is 9.00. The Morgan fingerprint density at radius 2 is 1.85 bits per heavy atom. The molecule has 2 rings (SSSR count). The summed E-state index contributed by atoms with van der Waals surface area (Å²) in [4.78, 5) is 0. The predicted octanol–water partition coefficient (Wildman–Crippen LogP) is 3.56. The zero-order valence-electron chi connectivity index (χ0n) is 11.4. The third-order valence-corrected chi connectivity index (χ3v) is 3.21. The van der Waals surface area contributed by atoms with Crippen molar-refractivity contribution < 1.29 is 18.6 Å². The molecule has 0 aromatic heterocycles. The van der Waals surface area contributed by atoms with Gasteiger partial charge in [-0.25, -0.2) is 8.78 Å². The SMILES string of the molecule is COc1ccc(CC(O)c2ccc(F)c(C)c2)cc1F. The Bertz CT molecular complexity index is 611. The minimum absolute atomic E-state index is 0.167. The van der Waals surface area contributed by atoms with Gasteiger partial charge in [-0.15, -0.1) is 0 Å². The molecule has 4 heteroatoms. The number of hydrogen-bond donors (Lipinski definition) is 1. The first-order valence-electron chi connectivity index (χ1n) is 6.28. The van der Waals surface area contributed by atoms with Crippen LogP contribution in [-0.4, -0.2) is 12.2 Å². The van der Waals surface area contributed by atoms with E-state index in [0.717, 1.165) is 0 Å². The maximum absolute atomic E-state index is 13.6. The van der Waals surface area contributed by atoms with Crippen molar-refractivity contribution in [2.24, 2.45) is 0 Å². The van der Waals surface area contributed by atoms with E-state index in [2.05, 4.69) is 0 Å². The summed E-state index contributed by atoms with van der Waals surface area (Å²) < 4.78 is 31.6. The van der Waals surface area contributed by atoms with Crippen LogP contribution in [0.5, 0.6) is 5.75 Å². The van der Waals surface area contributed by atoms with Gasteiger partial charge in [-0.05, 0) is 41.8 Å². The summed E-state index contributed by atoms with van der Waals surface area (Å²) in [6.45, 7) is 1.64. The minimum atomic E-state index is -0.804. The molecular formula is C16H16F2O2. The molecule has 0 fully saturated rings. The zero-order valence-corrected chi connectivity index (χ0v) is 11.4. The number of benzene rings is 2. The molecular weight excluding hydrogens is 262 g/mol. The van der Waals surface area contributed by atoms with E-state index >= 15 is 0 Å². The van der Waals surface area contributed by atoms with Gasteiger partial charge in [-0.2, -0.15) is 0 Å². The van der Waals surface area contributed by atoms with Gasteiger partial charge in [0.15, 0.2) is 11.6 Å². The number of aryl methyl sites for hydroxylation is 1. The Labute approximate surface area is 116 Å². The topological polar surface area (TPSA) is 29.5 Å². The number of aliphatic hydroxyl groups is 1. The second kappa shape index (κ2) is 6.01. The molecule has 0 heterocycles. The minimum Gasteiger partial charge on any atom is -0.494 e. The molecule has 1 N–H and O–H groups in total. The first kappa shape index (κ1) is 14.5. The van der Waals surface area contributed by atoms with Crippen LogP contribution in [0.2, 0.25) is 0 Å². The highest BCUT2D eigenvalue weighted by atomic mass is 19.1. The molecule has 2 aromatic carbocycles. The molecule has 20 heavy (non-hydrogen) atoms. The van der Waals surface area contributed by atoms with E-state index in [1.165, 1.54) is 31.4 Å². The fourth-order valence-corrected chi connectivity index (χ4v) is 2.05. The van der Waals surface area contributed by atoms with Crippen molar-refractivity contribution in [1.29, 1.82) is 0 Å². The van der Waals surface area contributed by atoms with Crippen LogP contribution in [0.3, 0.4) is 0 Å². The lowest BCUT2D eigenvalue weighted by Gasteiger charge is -2.13. The largest absolute Gasteiger partial charge is 0.494 e.